The Morgan fingerprint density at radius 2 is 1.83 bits per heavy atom. The number of hydrogen-bond acceptors (Lipinski definition) is 9. The van der Waals surface area contributed by atoms with Crippen molar-refractivity contribution in [2.75, 3.05) is 59.0 Å². The van der Waals surface area contributed by atoms with E-state index in [2.05, 4.69) is 42.0 Å². The van der Waals surface area contributed by atoms with Gasteiger partial charge in [-0.1, -0.05) is 44.2 Å². The maximum absolute atomic E-state index is 13.8. The molecule has 3 aliphatic heterocycles. The summed E-state index contributed by atoms with van der Waals surface area (Å²) in [4.78, 5) is 44.6. The van der Waals surface area contributed by atoms with Gasteiger partial charge in [0.25, 0.3) is 11.8 Å². The van der Waals surface area contributed by atoms with E-state index in [9.17, 15) is 14.7 Å². The highest BCUT2D eigenvalue weighted by molar-refractivity contribution is 7.19. The Morgan fingerprint density at radius 3 is 2.58 bits per heavy atom. The summed E-state index contributed by atoms with van der Waals surface area (Å²) < 4.78 is 5.49. The third-order valence-corrected chi connectivity index (χ3v) is 12.0. The summed E-state index contributed by atoms with van der Waals surface area (Å²) >= 11 is 1.36. The Bertz CT molecular complexity index is 1620. The third-order valence-electron chi connectivity index (χ3n) is 11.0. The second-order valence-corrected chi connectivity index (χ2v) is 16.2. The smallest absolute Gasteiger partial charge is 0.280 e. The molecule has 3 fully saturated rings. The Hall–Kier alpha value is -2.96. The van der Waals surface area contributed by atoms with E-state index in [-0.39, 0.29) is 29.4 Å². The summed E-state index contributed by atoms with van der Waals surface area (Å²) in [6.07, 6.45) is 5.07. The number of ether oxygens (including phenoxy) is 1. The molecule has 11 heteroatoms. The molecule has 3 saturated heterocycles. The van der Waals surface area contributed by atoms with Gasteiger partial charge in [-0.05, 0) is 79.2 Å². The molecule has 3 aromatic rings. The molecule has 2 N–H and O–H groups in total. The summed E-state index contributed by atoms with van der Waals surface area (Å²) in [5, 5.41) is 13.7. The van der Waals surface area contributed by atoms with Crippen molar-refractivity contribution in [1.29, 1.82) is 0 Å². The minimum atomic E-state index is -0.296. The maximum atomic E-state index is 13.8. The molecule has 1 aliphatic carbocycles. The first kappa shape index (κ1) is 33.5. The molecule has 1 aromatic carbocycles. The van der Waals surface area contributed by atoms with E-state index < -0.39 is 0 Å². The predicted molar refractivity (Wildman–Crippen MR) is 187 cm³/mol. The second-order valence-electron chi connectivity index (χ2n) is 15.3. The van der Waals surface area contributed by atoms with Crippen LogP contribution in [0, 0.1) is 11.3 Å². The summed E-state index contributed by atoms with van der Waals surface area (Å²) in [6, 6.07) is 10.0. The minimum Gasteiger partial charge on any atom is -0.393 e. The number of carbonyl (C=O) groups is 2. The fourth-order valence-corrected chi connectivity index (χ4v) is 8.55. The van der Waals surface area contributed by atoms with E-state index in [1.54, 1.807) is 0 Å². The van der Waals surface area contributed by atoms with Gasteiger partial charge in [-0.25, -0.2) is 9.97 Å². The Balaban J connectivity index is 1.07. The molecule has 0 radical (unpaired) electrons. The van der Waals surface area contributed by atoms with Gasteiger partial charge in [-0.15, -0.1) is 0 Å². The van der Waals surface area contributed by atoms with Crippen molar-refractivity contribution in [2.24, 2.45) is 11.3 Å². The van der Waals surface area contributed by atoms with Crippen molar-refractivity contribution >= 4 is 33.5 Å². The highest BCUT2D eigenvalue weighted by Crippen LogP contribution is 2.38. The van der Waals surface area contributed by atoms with E-state index in [1.165, 1.54) is 16.9 Å². The summed E-state index contributed by atoms with van der Waals surface area (Å²) in [5.41, 5.74) is 5.00. The number of carbonyl (C=O) groups excluding carboxylic acids is 2. The molecule has 0 unspecified atom stereocenters. The average molecular weight is 675 g/mol. The number of nitrogens with one attached hydrogen (secondary N) is 1. The molecule has 5 heterocycles. The monoisotopic (exact) mass is 674 g/mol. The van der Waals surface area contributed by atoms with Crippen LogP contribution in [-0.2, 0) is 17.6 Å². The average Bonchev–Trinajstić information content (AvgIpc) is 3.48. The molecule has 2 aromatic heterocycles. The lowest BCUT2D eigenvalue weighted by molar-refractivity contribution is -0.0256. The van der Waals surface area contributed by atoms with Gasteiger partial charge in [-0.3, -0.25) is 14.5 Å². The normalized spacial score (nSPS) is 22.3. The number of hydrogen-bond donors (Lipinski definition) is 2. The van der Waals surface area contributed by atoms with Crippen molar-refractivity contribution in [3.8, 4) is 0 Å². The first-order valence-electron chi connectivity index (χ1n) is 17.8. The summed E-state index contributed by atoms with van der Waals surface area (Å²) in [5.74, 6) is 0.423. The van der Waals surface area contributed by atoms with Gasteiger partial charge < -0.3 is 25.0 Å². The number of thiazole rings is 1. The first-order valence-corrected chi connectivity index (χ1v) is 18.6. The van der Waals surface area contributed by atoms with Crippen molar-refractivity contribution in [1.82, 2.24) is 30.0 Å². The molecule has 10 nitrogen and oxygen atoms in total. The third kappa shape index (κ3) is 7.45. The van der Waals surface area contributed by atoms with Gasteiger partial charge in [-0.2, -0.15) is 0 Å². The van der Waals surface area contributed by atoms with Crippen LogP contribution in [0.4, 0.5) is 0 Å². The first-order chi connectivity index (χ1) is 23.1. The van der Waals surface area contributed by atoms with Crippen LogP contribution >= 0.6 is 11.3 Å². The number of morpholine rings is 1. The molecule has 48 heavy (non-hydrogen) atoms. The fourth-order valence-electron chi connectivity index (χ4n) is 7.71. The number of aromatic nitrogens is 2. The summed E-state index contributed by atoms with van der Waals surface area (Å²) in [6.45, 7) is 14.2. The SMILES string of the molecule is CC(C)(C)[C@H]1CCc2nc3sc(C(=O)N[C@H](CCN4CCC(O)CC4)c4cccc(C(=O)N5CC(N6CCOCC6)C5)c4)nc3cc2C1. The molecule has 7 rings (SSSR count). The standard InChI is InChI=1S/C37H50N6O4S/c1-37(2,3)27-7-8-30-26(20-27)21-32-34(39-30)48-35(40-32)33(45)38-31(11-14-41-12-9-29(44)10-13-41)24-5-4-6-25(19-24)36(46)43-22-28(23-43)42-15-17-47-18-16-42/h4-6,19,21,27-29,31,44H,7-18,20,22-23H2,1-3H3,(H,38,45)/t27-,31+/m0/s1. The number of nitrogens with zero attached hydrogens (tertiary/aromatic N) is 5. The number of piperidine rings is 1. The molecular formula is C37H50N6O4S. The Labute approximate surface area is 287 Å². The van der Waals surface area contributed by atoms with E-state index in [1.807, 2.05) is 29.2 Å². The number of rotatable bonds is 8. The Kier molecular flexibility index (Phi) is 9.86. The highest BCUT2D eigenvalue weighted by atomic mass is 32.1. The van der Waals surface area contributed by atoms with Gasteiger partial charge in [0.1, 0.15) is 10.3 Å². The number of aryl methyl sites for hydroxylation is 1. The largest absolute Gasteiger partial charge is 0.393 e. The van der Waals surface area contributed by atoms with Crippen molar-refractivity contribution in [2.45, 2.75) is 77.5 Å². The number of aliphatic hydroxyl groups is 1. The minimum absolute atomic E-state index is 0.0337. The second kappa shape index (κ2) is 14.1. The number of fused-ring (bicyclic) bond motifs is 2. The molecule has 0 bridgehead atoms. The number of amides is 2. The van der Waals surface area contributed by atoms with Crippen molar-refractivity contribution in [3.63, 3.8) is 0 Å². The zero-order valence-electron chi connectivity index (χ0n) is 28.6. The Morgan fingerprint density at radius 1 is 1.06 bits per heavy atom. The highest BCUT2D eigenvalue weighted by Gasteiger charge is 2.36. The van der Waals surface area contributed by atoms with Gasteiger partial charge in [0.2, 0.25) is 0 Å². The zero-order valence-corrected chi connectivity index (χ0v) is 29.4. The van der Waals surface area contributed by atoms with Gasteiger partial charge in [0.15, 0.2) is 5.01 Å². The number of pyridine rings is 1. The molecule has 0 spiro atoms. The number of likely N-dealkylation sites (tertiary alicyclic amines) is 2. The number of benzene rings is 1. The lowest BCUT2D eigenvalue weighted by Crippen LogP contribution is -2.62. The van der Waals surface area contributed by atoms with E-state index in [0.29, 0.717) is 29.0 Å². The van der Waals surface area contributed by atoms with Crippen molar-refractivity contribution < 1.29 is 19.4 Å². The van der Waals surface area contributed by atoms with Gasteiger partial charge >= 0.3 is 0 Å². The van der Waals surface area contributed by atoms with Crippen LogP contribution in [0.25, 0.3) is 10.3 Å². The molecule has 258 valence electrons. The number of aliphatic hydroxyl groups excluding tert-OH is 1. The van der Waals surface area contributed by atoms with Crippen LogP contribution in [-0.4, -0.2) is 113 Å². The fraction of sp³-hybridized carbons (Fsp3) is 0.622. The van der Waals surface area contributed by atoms with Crippen LogP contribution in [0.5, 0.6) is 0 Å². The summed E-state index contributed by atoms with van der Waals surface area (Å²) in [7, 11) is 0. The van der Waals surface area contributed by atoms with E-state index >= 15 is 0 Å². The quantitative estimate of drug-likeness (QED) is 0.364. The molecular weight excluding hydrogens is 625 g/mol. The van der Waals surface area contributed by atoms with Gasteiger partial charge in [0.05, 0.1) is 25.4 Å². The zero-order chi connectivity index (χ0) is 33.4. The van der Waals surface area contributed by atoms with E-state index in [0.717, 1.165) is 113 Å². The van der Waals surface area contributed by atoms with Crippen LogP contribution in [0.15, 0.2) is 30.3 Å². The topological polar surface area (TPSA) is 111 Å². The van der Waals surface area contributed by atoms with Crippen molar-refractivity contribution in [3.05, 3.63) is 57.7 Å². The predicted octanol–water partition coefficient (Wildman–Crippen LogP) is 4.32. The lowest BCUT2D eigenvalue weighted by atomic mass is 9.71. The van der Waals surface area contributed by atoms with Gasteiger partial charge in [0, 0.05) is 63.1 Å². The molecule has 2 amide bonds. The lowest BCUT2D eigenvalue weighted by Gasteiger charge is -2.46. The molecule has 0 saturated carbocycles. The van der Waals surface area contributed by atoms with Crippen LogP contribution in [0.2, 0.25) is 0 Å². The van der Waals surface area contributed by atoms with Crippen LogP contribution < -0.4 is 5.32 Å². The van der Waals surface area contributed by atoms with Crippen LogP contribution in [0.1, 0.15) is 89.5 Å². The molecule has 2 atom stereocenters. The maximum Gasteiger partial charge on any atom is 0.280 e. The van der Waals surface area contributed by atoms with Crippen LogP contribution in [0.3, 0.4) is 0 Å². The molecule has 4 aliphatic rings. The van der Waals surface area contributed by atoms with E-state index in [4.69, 9.17) is 14.7 Å².